The van der Waals surface area contributed by atoms with Crippen LogP contribution in [0.4, 0.5) is 0 Å². The number of benzene rings is 2. The first-order valence-corrected chi connectivity index (χ1v) is 10.2. The minimum atomic E-state index is -0.129. The Morgan fingerprint density at radius 3 is 2.62 bits per heavy atom. The highest BCUT2D eigenvalue weighted by Gasteiger charge is 2.29. The molecule has 0 aromatic heterocycles. The minimum Gasteiger partial charge on any atom is -0.493 e. The Labute approximate surface area is 185 Å². The van der Waals surface area contributed by atoms with Crippen LogP contribution in [-0.4, -0.2) is 29.6 Å². The number of thiocarbonyl (C=S) groups is 1. The molecule has 0 aliphatic carbocycles. The van der Waals surface area contributed by atoms with E-state index in [0.717, 1.165) is 17.5 Å². The molecule has 29 heavy (non-hydrogen) atoms. The Morgan fingerprint density at radius 1 is 1.14 bits per heavy atom. The molecule has 3 rings (SSSR count). The molecule has 0 radical (unpaired) electrons. The van der Waals surface area contributed by atoms with Gasteiger partial charge in [-0.3, -0.25) is 9.69 Å². The fourth-order valence-electron chi connectivity index (χ4n) is 2.85. The number of methoxy groups -OCH3 is 1. The normalized spacial score (nSPS) is 15.0. The van der Waals surface area contributed by atoms with E-state index in [-0.39, 0.29) is 5.91 Å². The zero-order chi connectivity index (χ0) is 21.0. The average molecular weight is 451 g/mol. The van der Waals surface area contributed by atoms with E-state index in [9.17, 15) is 4.79 Å². The number of hydrogen-bond acceptors (Lipinski definition) is 4. The lowest BCUT2D eigenvalue weighted by Crippen LogP contribution is -2.31. The second-order valence-corrected chi connectivity index (χ2v) is 7.59. The number of halogens is 2. The fraction of sp³-hybridized carbons (Fsp3) is 0.238. The van der Waals surface area contributed by atoms with Crippen molar-refractivity contribution < 1.29 is 14.3 Å². The minimum absolute atomic E-state index is 0.129. The first-order valence-electron chi connectivity index (χ1n) is 9.02. The van der Waals surface area contributed by atoms with Crippen LogP contribution in [0, 0.1) is 0 Å². The molecule has 152 valence electrons. The van der Waals surface area contributed by atoms with Gasteiger partial charge in [0.05, 0.1) is 17.2 Å². The van der Waals surface area contributed by atoms with Crippen molar-refractivity contribution in [3.05, 3.63) is 63.3 Å². The number of nitrogens with zero attached hydrogens (tertiary/aromatic N) is 1. The van der Waals surface area contributed by atoms with Crippen LogP contribution >= 0.6 is 35.4 Å². The van der Waals surface area contributed by atoms with E-state index in [0.29, 0.717) is 45.5 Å². The molecule has 2 aromatic rings. The third-order valence-electron chi connectivity index (χ3n) is 4.29. The lowest BCUT2D eigenvalue weighted by Gasteiger charge is -2.12. The maximum atomic E-state index is 12.5. The molecule has 2 aromatic carbocycles. The van der Waals surface area contributed by atoms with Crippen molar-refractivity contribution in [3.63, 3.8) is 0 Å². The second kappa shape index (κ2) is 9.48. The molecule has 0 atom stereocenters. The standard InChI is InChI=1S/C21H20Cl2N2O3S/c1-3-8-25-20(26)17(24-21(25)29)10-13-5-7-18(19(11-13)27-2)28-12-14-4-6-15(22)16(23)9-14/h4-7,9-11H,3,8,12H2,1-2H3,(H,24,29)/b17-10-. The SMILES string of the molecule is CCCN1C(=O)/C(=C/c2ccc(OCc3ccc(Cl)c(Cl)c3)c(OC)c2)NC1=S. The highest BCUT2D eigenvalue weighted by atomic mass is 35.5. The number of hydrogen-bond donors (Lipinski definition) is 1. The second-order valence-electron chi connectivity index (χ2n) is 6.39. The predicted molar refractivity (Wildman–Crippen MR) is 120 cm³/mol. The van der Waals surface area contributed by atoms with E-state index in [1.165, 1.54) is 0 Å². The van der Waals surface area contributed by atoms with E-state index >= 15 is 0 Å². The van der Waals surface area contributed by atoms with Gasteiger partial charge in [-0.2, -0.15) is 0 Å². The monoisotopic (exact) mass is 450 g/mol. The van der Waals surface area contributed by atoms with Gasteiger partial charge >= 0.3 is 0 Å². The van der Waals surface area contributed by atoms with Crippen LogP contribution in [0.1, 0.15) is 24.5 Å². The maximum absolute atomic E-state index is 12.5. The lowest BCUT2D eigenvalue weighted by molar-refractivity contribution is -0.122. The van der Waals surface area contributed by atoms with Crippen LogP contribution in [0.15, 0.2) is 42.1 Å². The summed E-state index contributed by atoms with van der Waals surface area (Å²) in [5, 5.41) is 4.37. The third-order valence-corrected chi connectivity index (χ3v) is 5.35. The van der Waals surface area contributed by atoms with E-state index in [1.54, 1.807) is 42.4 Å². The van der Waals surface area contributed by atoms with Crippen LogP contribution in [0.25, 0.3) is 6.08 Å². The fourth-order valence-corrected chi connectivity index (χ4v) is 3.45. The van der Waals surface area contributed by atoms with E-state index in [1.807, 2.05) is 19.1 Å². The van der Waals surface area contributed by atoms with Crippen molar-refractivity contribution in [2.75, 3.05) is 13.7 Å². The van der Waals surface area contributed by atoms with Gasteiger partial charge in [0.1, 0.15) is 12.3 Å². The quantitative estimate of drug-likeness (QED) is 0.472. The Bertz CT molecular complexity index is 978. The van der Waals surface area contributed by atoms with Crippen molar-refractivity contribution in [1.82, 2.24) is 10.2 Å². The van der Waals surface area contributed by atoms with Crippen molar-refractivity contribution in [1.29, 1.82) is 0 Å². The summed E-state index contributed by atoms with van der Waals surface area (Å²) in [6.45, 7) is 2.90. The Hall–Kier alpha value is -2.28. The largest absolute Gasteiger partial charge is 0.493 e. The van der Waals surface area contributed by atoms with E-state index < -0.39 is 0 Å². The molecule has 1 aliphatic heterocycles. The molecular weight excluding hydrogens is 431 g/mol. The molecule has 1 fully saturated rings. The van der Waals surface area contributed by atoms with Gasteiger partial charge in [-0.15, -0.1) is 0 Å². The molecule has 8 heteroatoms. The molecule has 0 unspecified atom stereocenters. The molecule has 1 aliphatic rings. The highest BCUT2D eigenvalue weighted by Crippen LogP contribution is 2.31. The first-order chi connectivity index (χ1) is 13.9. The summed E-state index contributed by atoms with van der Waals surface area (Å²) in [6.07, 6.45) is 2.58. The summed E-state index contributed by atoms with van der Waals surface area (Å²) in [6, 6.07) is 10.8. The molecule has 1 heterocycles. The topological polar surface area (TPSA) is 50.8 Å². The van der Waals surface area contributed by atoms with Crippen LogP contribution in [-0.2, 0) is 11.4 Å². The van der Waals surface area contributed by atoms with Crippen molar-refractivity contribution in [2.24, 2.45) is 0 Å². The smallest absolute Gasteiger partial charge is 0.276 e. The number of carbonyl (C=O) groups excluding carboxylic acids is 1. The van der Waals surface area contributed by atoms with Gasteiger partial charge in [0.2, 0.25) is 0 Å². The number of carbonyl (C=O) groups is 1. The van der Waals surface area contributed by atoms with Crippen molar-refractivity contribution in [3.8, 4) is 11.5 Å². The molecule has 5 nitrogen and oxygen atoms in total. The molecule has 0 saturated carbocycles. The van der Waals surface area contributed by atoms with Gasteiger partial charge in [0, 0.05) is 6.54 Å². The summed E-state index contributed by atoms with van der Waals surface area (Å²) >= 11 is 17.2. The van der Waals surface area contributed by atoms with Crippen LogP contribution in [0.3, 0.4) is 0 Å². The van der Waals surface area contributed by atoms with Gasteiger partial charge in [0.25, 0.3) is 5.91 Å². The van der Waals surface area contributed by atoms with Crippen LogP contribution < -0.4 is 14.8 Å². The molecule has 0 bridgehead atoms. The maximum Gasteiger partial charge on any atom is 0.276 e. The van der Waals surface area contributed by atoms with Gasteiger partial charge in [0.15, 0.2) is 16.6 Å². The van der Waals surface area contributed by atoms with Crippen LogP contribution in [0.2, 0.25) is 10.0 Å². The van der Waals surface area contributed by atoms with Crippen LogP contribution in [0.5, 0.6) is 11.5 Å². The summed E-state index contributed by atoms with van der Waals surface area (Å²) < 4.78 is 11.3. The Morgan fingerprint density at radius 2 is 1.93 bits per heavy atom. The third kappa shape index (κ3) is 5.01. The summed E-state index contributed by atoms with van der Waals surface area (Å²) in [4.78, 5) is 14.0. The molecule has 1 N–H and O–H groups in total. The summed E-state index contributed by atoms with van der Waals surface area (Å²) in [7, 11) is 1.56. The van der Waals surface area contributed by atoms with Crippen molar-refractivity contribution >= 4 is 52.5 Å². The number of rotatable bonds is 7. The zero-order valence-electron chi connectivity index (χ0n) is 16.0. The van der Waals surface area contributed by atoms with Gasteiger partial charge in [-0.25, -0.2) is 0 Å². The summed E-state index contributed by atoms with van der Waals surface area (Å²) in [5.41, 5.74) is 2.12. The number of nitrogens with one attached hydrogen (secondary N) is 1. The molecule has 1 amide bonds. The molecule has 0 spiro atoms. The molecular formula is C21H20Cl2N2O3S. The predicted octanol–water partition coefficient (Wildman–Crippen LogP) is 5.05. The average Bonchev–Trinajstić information content (AvgIpc) is 2.97. The first kappa shape index (κ1) is 21.4. The van der Waals surface area contributed by atoms with Crippen molar-refractivity contribution in [2.45, 2.75) is 20.0 Å². The Kier molecular flexibility index (Phi) is 7.00. The lowest BCUT2D eigenvalue weighted by atomic mass is 10.1. The zero-order valence-corrected chi connectivity index (χ0v) is 18.3. The van der Waals surface area contributed by atoms with E-state index in [4.69, 9.17) is 44.9 Å². The highest BCUT2D eigenvalue weighted by molar-refractivity contribution is 7.80. The molecule has 1 saturated heterocycles. The summed E-state index contributed by atoms with van der Waals surface area (Å²) in [5.74, 6) is 1.00. The van der Waals surface area contributed by atoms with Gasteiger partial charge in [-0.05, 0) is 60.1 Å². The van der Waals surface area contributed by atoms with Gasteiger partial charge in [-0.1, -0.05) is 42.3 Å². The number of ether oxygens (including phenoxy) is 2. The van der Waals surface area contributed by atoms with E-state index in [2.05, 4.69) is 5.32 Å². The Balaban J connectivity index is 1.76. The van der Waals surface area contributed by atoms with Gasteiger partial charge < -0.3 is 14.8 Å². The number of amides is 1.